The second-order valence-electron chi connectivity index (χ2n) is 8.02. The zero-order chi connectivity index (χ0) is 21.6. The molecule has 0 aromatic heterocycles. The number of alkyl halides is 3. The zero-order valence-corrected chi connectivity index (χ0v) is 19.7. The fraction of sp³-hybridized carbons (Fsp3) is 1.00. The SMILES string of the molecule is CC.CC(C)(C)C.CC(C)C.CC(F)(F)F.CCC.CCC(C)C. The molecule has 0 radical (unpaired) electrons. The summed E-state index contributed by atoms with van der Waals surface area (Å²) in [6, 6.07) is 0. The van der Waals surface area contributed by atoms with E-state index in [1.54, 1.807) is 0 Å². The first-order valence-corrected chi connectivity index (χ1v) is 9.48. The van der Waals surface area contributed by atoms with Crippen LogP contribution in [-0.2, 0) is 0 Å². The van der Waals surface area contributed by atoms with Crippen LogP contribution in [0.2, 0.25) is 0 Å². The molecule has 0 aliphatic heterocycles. The molecular formula is C21H51F3. The Kier molecular flexibility index (Phi) is 44.9. The summed E-state index contributed by atoms with van der Waals surface area (Å²) in [6.45, 7) is 30.3. The average Bonchev–Trinajstić information content (AvgIpc) is 2.27. The molecule has 0 unspecified atom stereocenters. The molecule has 0 aromatic rings. The maximum atomic E-state index is 10.4. The van der Waals surface area contributed by atoms with Crippen LogP contribution in [0.15, 0.2) is 0 Å². The molecule has 0 rings (SSSR count). The fourth-order valence-electron chi connectivity index (χ4n) is 0. The lowest BCUT2D eigenvalue weighted by Crippen LogP contribution is -1.95. The Bertz CT molecular complexity index is 136. The van der Waals surface area contributed by atoms with Gasteiger partial charge in [0.15, 0.2) is 0 Å². The molecule has 0 saturated heterocycles. The Morgan fingerprint density at radius 1 is 0.667 bits per heavy atom. The number of hydrogen-bond donors (Lipinski definition) is 0. The van der Waals surface area contributed by atoms with E-state index in [1.165, 1.54) is 12.8 Å². The maximum Gasteiger partial charge on any atom is 0.386 e. The standard InChI is InChI=1S/2C5H12.C4H10.C3H8.C2H3F3.C2H6/c1-5(2,3)4;1-4-5(2)3;1-4(2)3;1-3-2;1-2(3,4)5;1-2/h1-4H3;5H,4H2,1-3H3;4H,1-3H3;3H2,1-2H3;1H3;1-2H3. The lowest BCUT2D eigenvalue weighted by molar-refractivity contribution is -0.110. The van der Waals surface area contributed by atoms with Gasteiger partial charge in [0.25, 0.3) is 0 Å². The molecule has 156 valence electrons. The van der Waals surface area contributed by atoms with E-state index in [4.69, 9.17) is 0 Å². The second kappa shape index (κ2) is 27.6. The van der Waals surface area contributed by atoms with Crippen molar-refractivity contribution < 1.29 is 13.2 Å². The first kappa shape index (κ1) is 39.0. The monoisotopic (exact) mass is 360 g/mol. The highest BCUT2D eigenvalue weighted by molar-refractivity contribution is 4.47. The third kappa shape index (κ3) is 2940. The van der Waals surface area contributed by atoms with Crippen LogP contribution < -0.4 is 0 Å². The second-order valence-corrected chi connectivity index (χ2v) is 8.02. The quantitative estimate of drug-likeness (QED) is 0.436. The minimum atomic E-state index is -4.00. The Labute approximate surface area is 154 Å². The first-order valence-electron chi connectivity index (χ1n) is 9.48. The topological polar surface area (TPSA) is 0 Å². The van der Waals surface area contributed by atoms with Crippen molar-refractivity contribution in [2.24, 2.45) is 17.3 Å². The van der Waals surface area contributed by atoms with Gasteiger partial charge >= 0.3 is 6.18 Å². The molecular weight excluding hydrogens is 309 g/mol. The molecule has 0 N–H and O–H groups in total. The largest absolute Gasteiger partial charge is 0.386 e. The van der Waals surface area contributed by atoms with E-state index in [1.807, 2.05) is 13.8 Å². The highest BCUT2D eigenvalue weighted by atomic mass is 19.4. The van der Waals surface area contributed by atoms with Crippen molar-refractivity contribution >= 4 is 0 Å². The minimum absolute atomic E-state index is 0.188. The van der Waals surface area contributed by atoms with Crippen LogP contribution in [0.25, 0.3) is 0 Å². The van der Waals surface area contributed by atoms with Gasteiger partial charge in [0, 0.05) is 6.92 Å². The molecule has 0 nitrogen and oxygen atoms in total. The van der Waals surface area contributed by atoms with Gasteiger partial charge in [-0.15, -0.1) is 0 Å². The number of hydrogen-bond acceptors (Lipinski definition) is 0. The predicted molar refractivity (Wildman–Crippen MR) is 110 cm³/mol. The molecule has 3 heteroatoms. The summed E-state index contributed by atoms with van der Waals surface area (Å²) >= 11 is 0. The van der Waals surface area contributed by atoms with Gasteiger partial charge in [0.2, 0.25) is 0 Å². The van der Waals surface area contributed by atoms with E-state index in [0.29, 0.717) is 5.41 Å². The highest BCUT2D eigenvalue weighted by Gasteiger charge is 2.15. The van der Waals surface area contributed by atoms with Crippen LogP contribution in [-0.4, -0.2) is 6.18 Å². The van der Waals surface area contributed by atoms with Crippen molar-refractivity contribution in [3.63, 3.8) is 0 Å². The molecule has 24 heavy (non-hydrogen) atoms. The van der Waals surface area contributed by atoms with Crippen molar-refractivity contribution in [1.82, 2.24) is 0 Å². The van der Waals surface area contributed by atoms with Crippen molar-refractivity contribution in [3.05, 3.63) is 0 Å². The van der Waals surface area contributed by atoms with E-state index in [9.17, 15) is 13.2 Å². The summed E-state index contributed by atoms with van der Waals surface area (Å²) in [6.07, 6.45) is -1.44. The molecule has 0 amide bonds. The highest BCUT2D eigenvalue weighted by Crippen LogP contribution is 2.10. The Morgan fingerprint density at radius 2 is 0.708 bits per heavy atom. The number of rotatable bonds is 1. The van der Waals surface area contributed by atoms with Crippen molar-refractivity contribution in [2.75, 3.05) is 0 Å². The van der Waals surface area contributed by atoms with Gasteiger partial charge in [0.1, 0.15) is 0 Å². The van der Waals surface area contributed by atoms with Gasteiger partial charge in [-0.2, -0.15) is 13.2 Å². The Balaban J connectivity index is -0.0000000415. The minimum Gasteiger partial charge on any atom is -0.172 e. The molecule has 0 fully saturated rings. The molecule has 0 bridgehead atoms. The van der Waals surface area contributed by atoms with Crippen molar-refractivity contribution in [3.8, 4) is 0 Å². The molecule has 0 heterocycles. The van der Waals surface area contributed by atoms with Gasteiger partial charge in [0.05, 0.1) is 0 Å². The summed E-state index contributed by atoms with van der Waals surface area (Å²) in [4.78, 5) is 0. The van der Waals surface area contributed by atoms with Gasteiger partial charge in [-0.05, 0) is 17.3 Å². The van der Waals surface area contributed by atoms with Crippen LogP contribution in [0.3, 0.4) is 0 Å². The van der Waals surface area contributed by atoms with Crippen molar-refractivity contribution in [2.45, 2.75) is 123 Å². The molecule has 0 aliphatic rings. The normalized spacial score (nSPS) is 9.50. The van der Waals surface area contributed by atoms with E-state index in [-0.39, 0.29) is 6.92 Å². The zero-order valence-electron chi connectivity index (χ0n) is 19.7. The summed E-state index contributed by atoms with van der Waals surface area (Å²) in [7, 11) is 0. The fourth-order valence-corrected chi connectivity index (χ4v) is 0. The summed E-state index contributed by atoms with van der Waals surface area (Å²) in [5.41, 5.74) is 0.500. The lowest BCUT2D eigenvalue weighted by atomic mass is 10.0. The van der Waals surface area contributed by atoms with Gasteiger partial charge < -0.3 is 0 Å². The molecule has 0 atom stereocenters. The predicted octanol–water partition coefficient (Wildman–Crippen LogP) is 9.78. The van der Waals surface area contributed by atoms with E-state index >= 15 is 0 Å². The lowest BCUT2D eigenvalue weighted by Gasteiger charge is -2.05. The third-order valence-electron chi connectivity index (χ3n) is 0.816. The van der Waals surface area contributed by atoms with Gasteiger partial charge in [-0.25, -0.2) is 0 Å². The smallest absolute Gasteiger partial charge is 0.172 e. The van der Waals surface area contributed by atoms with Crippen LogP contribution in [0.5, 0.6) is 0 Å². The Hall–Kier alpha value is -0.210. The summed E-state index contributed by atoms with van der Waals surface area (Å²) < 4.78 is 31.1. The van der Waals surface area contributed by atoms with Gasteiger partial charge in [-0.3, -0.25) is 0 Å². The molecule has 0 spiro atoms. The van der Waals surface area contributed by atoms with Crippen LogP contribution in [0, 0.1) is 17.3 Å². The summed E-state index contributed by atoms with van der Waals surface area (Å²) in [5.74, 6) is 1.72. The van der Waals surface area contributed by atoms with Crippen molar-refractivity contribution in [1.29, 1.82) is 0 Å². The summed E-state index contributed by atoms with van der Waals surface area (Å²) in [5, 5.41) is 0. The molecule has 0 aliphatic carbocycles. The van der Waals surface area contributed by atoms with Crippen LogP contribution in [0.4, 0.5) is 13.2 Å². The third-order valence-corrected chi connectivity index (χ3v) is 0.816. The van der Waals surface area contributed by atoms with Crippen LogP contribution >= 0.6 is 0 Å². The molecule has 0 saturated carbocycles. The van der Waals surface area contributed by atoms with E-state index < -0.39 is 6.18 Å². The van der Waals surface area contributed by atoms with E-state index in [2.05, 4.69) is 83.1 Å². The van der Waals surface area contributed by atoms with E-state index in [0.717, 1.165) is 11.8 Å². The average molecular weight is 361 g/mol. The maximum absolute atomic E-state index is 10.4. The number of halogens is 3. The first-order chi connectivity index (χ1) is 10.4. The Morgan fingerprint density at radius 3 is 0.708 bits per heavy atom. The van der Waals surface area contributed by atoms with Gasteiger partial charge in [-0.1, -0.05) is 110 Å². The van der Waals surface area contributed by atoms with Crippen LogP contribution in [0.1, 0.15) is 117 Å². The molecule has 0 aromatic carbocycles.